The number of amides is 2. The summed E-state index contributed by atoms with van der Waals surface area (Å²) in [7, 11) is 0. The van der Waals surface area contributed by atoms with E-state index in [0.29, 0.717) is 10.9 Å². The van der Waals surface area contributed by atoms with Gasteiger partial charge in [-0.3, -0.25) is 24.0 Å². The summed E-state index contributed by atoms with van der Waals surface area (Å²) in [5, 5.41) is 13.5. The number of carbonyl (C=O) groups excluding carboxylic acids is 2. The lowest BCUT2D eigenvalue weighted by molar-refractivity contribution is -0.145. The van der Waals surface area contributed by atoms with Crippen LogP contribution in [0, 0.1) is 0 Å². The molecule has 0 spiro atoms. The second-order valence-electron chi connectivity index (χ2n) is 5.41. The van der Waals surface area contributed by atoms with Crippen LogP contribution in [0.5, 0.6) is 0 Å². The molecule has 2 amide bonds. The summed E-state index contributed by atoms with van der Waals surface area (Å²) >= 11 is 0. The van der Waals surface area contributed by atoms with Crippen LogP contribution < -0.4 is 5.73 Å². The first-order chi connectivity index (χ1) is 11.0. The molecule has 1 saturated carbocycles. The van der Waals surface area contributed by atoms with E-state index in [1.54, 1.807) is 6.07 Å². The van der Waals surface area contributed by atoms with Crippen molar-refractivity contribution in [2.24, 2.45) is 5.73 Å². The van der Waals surface area contributed by atoms with Crippen molar-refractivity contribution in [3.63, 3.8) is 0 Å². The second kappa shape index (κ2) is 5.67. The van der Waals surface area contributed by atoms with Crippen LogP contribution in [0.2, 0.25) is 0 Å². The molecule has 3 rings (SSSR count). The molecule has 120 valence electrons. The maximum Gasteiger partial charge on any atom is 0.323 e. The third-order valence-electron chi connectivity index (χ3n) is 3.69. The fraction of sp³-hybridized carbons (Fsp3) is 0.357. The molecular weight excluding hydrogens is 302 g/mol. The minimum atomic E-state index is -1.06. The monoisotopic (exact) mass is 317 g/mol. The van der Waals surface area contributed by atoms with Crippen LogP contribution >= 0.6 is 0 Å². The minimum absolute atomic E-state index is 0.0332. The topological polar surface area (TPSA) is 131 Å². The molecule has 1 fully saturated rings. The first-order valence-corrected chi connectivity index (χ1v) is 7.09. The van der Waals surface area contributed by atoms with Crippen LogP contribution in [0.1, 0.15) is 23.3 Å². The molecule has 0 radical (unpaired) electrons. The van der Waals surface area contributed by atoms with E-state index in [0.717, 1.165) is 12.8 Å². The van der Waals surface area contributed by atoms with Gasteiger partial charge in [-0.2, -0.15) is 5.10 Å². The number of fused-ring (bicyclic) bond motifs is 1. The van der Waals surface area contributed by atoms with E-state index in [2.05, 4.69) is 10.1 Å². The summed E-state index contributed by atoms with van der Waals surface area (Å²) in [5.41, 5.74) is 5.86. The average molecular weight is 317 g/mol. The van der Waals surface area contributed by atoms with Crippen molar-refractivity contribution in [3.05, 3.63) is 24.2 Å². The maximum atomic E-state index is 12.4. The summed E-state index contributed by atoms with van der Waals surface area (Å²) in [6.07, 6.45) is 4.59. The lowest BCUT2D eigenvalue weighted by atomic mass is 10.2. The van der Waals surface area contributed by atoms with Gasteiger partial charge in [0.1, 0.15) is 13.1 Å². The smallest absolute Gasteiger partial charge is 0.323 e. The van der Waals surface area contributed by atoms with Crippen LogP contribution in [0.15, 0.2) is 18.5 Å². The Bertz CT molecular complexity index is 796. The zero-order valence-corrected chi connectivity index (χ0v) is 12.2. The van der Waals surface area contributed by atoms with Crippen LogP contribution in [0.25, 0.3) is 10.9 Å². The van der Waals surface area contributed by atoms with Gasteiger partial charge in [0.25, 0.3) is 5.91 Å². The first kappa shape index (κ1) is 14.9. The van der Waals surface area contributed by atoms with Gasteiger partial charge in [-0.1, -0.05) is 0 Å². The number of hydrogen-bond acceptors (Lipinski definition) is 5. The number of carboxylic acids is 1. The Balaban J connectivity index is 1.90. The Hall–Kier alpha value is -2.97. The van der Waals surface area contributed by atoms with Gasteiger partial charge in [-0.05, 0) is 18.9 Å². The molecule has 0 aromatic carbocycles. The second-order valence-corrected chi connectivity index (χ2v) is 5.41. The summed E-state index contributed by atoms with van der Waals surface area (Å²) < 4.78 is 1.34. The predicted octanol–water partition coefficient (Wildman–Crippen LogP) is -0.394. The number of aliphatic carboxylic acids is 1. The van der Waals surface area contributed by atoms with Crippen LogP contribution in [-0.2, 0) is 16.1 Å². The van der Waals surface area contributed by atoms with E-state index in [1.165, 1.54) is 22.0 Å². The van der Waals surface area contributed by atoms with E-state index >= 15 is 0 Å². The minimum Gasteiger partial charge on any atom is -0.480 e. The van der Waals surface area contributed by atoms with Gasteiger partial charge in [0.2, 0.25) is 5.91 Å². The number of hydrogen-bond donors (Lipinski definition) is 2. The summed E-state index contributed by atoms with van der Waals surface area (Å²) in [4.78, 5) is 40.1. The van der Waals surface area contributed by atoms with Crippen molar-refractivity contribution in [1.82, 2.24) is 19.7 Å². The first-order valence-electron chi connectivity index (χ1n) is 7.09. The van der Waals surface area contributed by atoms with Gasteiger partial charge >= 0.3 is 5.97 Å². The highest BCUT2D eigenvalue weighted by Crippen LogP contribution is 2.27. The van der Waals surface area contributed by atoms with Crippen molar-refractivity contribution in [2.75, 3.05) is 6.54 Å². The lowest BCUT2D eigenvalue weighted by Gasteiger charge is -2.20. The molecule has 1 aliphatic rings. The highest BCUT2D eigenvalue weighted by molar-refractivity contribution is 6.04. The van der Waals surface area contributed by atoms with Crippen molar-refractivity contribution in [1.29, 1.82) is 0 Å². The van der Waals surface area contributed by atoms with Crippen molar-refractivity contribution in [2.45, 2.75) is 25.4 Å². The molecule has 2 heterocycles. The van der Waals surface area contributed by atoms with E-state index in [-0.39, 0.29) is 30.7 Å². The summed E-state index contributed by atoms with van der Waals surface area (Å²) in [6.45, 7) is -0.511. The van der Waals surface area contributed by atoms with E-state index in [4.69, 9.17) is 10.8 Å². The van der Waals surface area contributed by atoms with Gasteiger partial charge in [0.15, 0.2) is 5.69 Å². The largest absolute Gasteiger partial charge is 0.480 e. The zero-order chi connectivity index (χ0) is 16.6. The Labute approximate surface area is 130 Å². The third kappa shape index (κ3) is 2.98. The Morgan fingerprint density at radius 1 is 1.39 bits per heavy atom. The molecule has 0 aliphatic heterocycles. The highest BCUT2D eigenvalue weighted by atomic mass is 16.4. The van der Waals surface area contributed by atoms with E-state index in [1.807, 2.05) is 0 Å². The maximum absolute atomic E-state index is 12.4. The number of nitrogens with two attached hydrogens (primary N) is 1. The molecular formula is C14H15N5O4. The zero-order valence-electron chi connectivity index (χ0n) is 12.2. The Kier molecular flexibility index (Phi) is 3.68. The van der Waals surface area contributed by atoms with Gasteiger partial charge < -0.3 is 15.7 Å². The number of rotatable bonds is 6. The molecule has 0 unspecified atom stereocenters. The van der Waals surface area contributed by atoms with Gasteiger partial charge in [-0.15, -0.1) is 0 Å². The van der Waals surface area contributed by atoms with Gasteiger partial charge in [0.05, 0.1) is 11.7 Å². The van der Waals surface area contributed by atoms with Crippen molar-refractivity contribution in [3.8, 4) is 0 Å². The summed E-state index contributed by atoms with van der Waals surface area (Å²) in [6, 6.07) is 1.56. The van der Waals surface area contributed by atoms with Gasteiger partial charge in [-0.25, -0.2) is 0 Å². The SMILES string of the molecule is NC(=O)c1nn(CC(=O)N(CC(=O)O)C2CC2)c2cnccc12. The van der Waals surface area contributed by atoms with Crippen LogP contribution in [0.4, 0.5) is 0 Å². The summed E-state index contributed by atoms with van der Waals surface area (Å²) in [5.74, 6) is -2.12. The fourth-order valence-corrected chi connectivity index (χ4v) is 2.49. The third-order valence-corrected chi connectivity index (χ3v) is 3.69. The average Bonchev–Trinajstić information content (AvgIpc) is 3.27. The Morgan fingerprint density at radius 2 is 2.13 bits per heavy atom. The fourth-order valence-electron chi connectivity index (χ4n) is 2.49. The molecule has 0 atom stereocenters. The number of carbonyl (C=O) groups is 3. The molecule has 1 aliphatic carbocycles. The molecule has 0 bridgehead atoms. The van der Waals surface area contributed by atoms with Crippen molar-refractivity contribution >= 4 is 28.7 Å². The van der Waals surface area contributed by atoms with E-state index < -0.39 is 11.9 Å². The quantitative estimate of drug-likeness (QED) is 0.745. The normalized spacial score (nSPS) is 13.9. The molecule has 9 heteroatoms. The number of primary amides is 1. The number of aromatic nitrogens is 3. The van der Waals surface area contributed by atoms with Crippen LogP contribution in [-0.4, -0.2) is 55.1 Å². The predicted molar refractivity (Wildman–Crippen MR) is 78.4 cm³/mol. The Morgan fingerprint density at radius 3 is 2.74 bits per heavy atom. The lowest BCUT2D eigenvalue weighted by Crippen LogP contribution is -2.39. The highest BCUT2D eigenvalue weighted by Gasteiger charge is 2.34. The molecule has 9 nitrogen and oxygen atoms in total. The molecule has 23 heavy (non-hydrogen) atoms. The molecule has 2 aromatic rings. The van der Waals surface area contributed by atoms with Gasteiger partial charge in [0, 0.05) is 17.6 Å². The number of pyridine rings is 1. The van der Waals surface area contributed by atoms with Crippen molar-refractivity contribution < 1.29 is 19.5 Å². The van der Waals surface area contributed by atoms with Crippen LogP contribution in [0.3, 0.4) is 0 Å². The molecule has 2 aromatic heterocycles. The number of nitrogens with zero attached hydrogens (tertiary/aromatic N) is 4. The number of carboxylic acid groups (broad SMARTS) is 1. The standard InChI is InChI=1S/C14H15N5O4/c15-14(23)13-9-3-4-16-5-10(9)19(17-13)6-11(20)18(7-12(21)22)8-1-2-8/h3-5,8H,1-2,6-7H2,(H2,15,23)(H,21,22). The van der Waals surface area contributed by atoms with E-state index in [9.17, 15) is 14.4 Å². The molecule has 0 saturated heterocycles. The molecule has 3 N–H and O–H groups in total.